The fourth-order valence-electron chi connectivity index (χ4n) is 3.52. The monoisotopic (exact) mass is 353 g/mol. The minimum Gasteiger partial charge on any atom is -0.462 e. The highest BCUT2D eigenvalue weighted by Gasteiger charge is 2.60. The summed E-state index contributed by atoms with van der Waals surface area (Å²) in [4.78, 5) is 26.0. The summed E-state index contributed by atoms with van der Waals surface area (Å²) in [6, 6.07) is 8.89. The number of rotatable bonds is 4. The van der Waals surface area contributed by atoms with Gasteiger partial charge < -0.3 is 20.5 Å². The second kappa shape index (κ2) is 6.56. The number of nitriles is 1. The Morgan fingerprint density at radius 2 is 2.12 bits per heavy atom. The molecule has 3 rings (SSSR count). The van der Waals surface area contributed by atoms with Crippen LogP contribution in [0.4, 0.5) is 5.69 Å². The second-order valence-corrected chi connectivity index (χ2v) is 5.97. The number of benzene rings is 1. The molecule has 0 aliphatic carbocycles. The first-order valence-corrected chi connectivity index (χ1v) is 8.42. The molecule has 134 valence electrons. The van der Waals surface area contributed by atoms with Crippen molar-refractivity contribution in [1.82, 2.24) is 0 Å². The van der Waals surface area contributed by atoms with E-state index in [-0.39, 0.29) is 29.4 Å². The SMILES string of the molecule is CCCC1=C(C(=O)OCC)C2(C(=O)Nc3ccccc32)C(C#N)=C(N)O1. The van der Waals surface area contributed by atoms with Gasteiger partial charge in [-0.25, -0.2) is 4.79 Å². The minimum absolute atomic E-state index is 0.0226. The maximum absolute atomic E-state index is 13.1. The molecule has 1 amide bonds. The molecule has 1 aromatic carbocycles. The Kier molecular flexibility index (Phi) is 4.43. The molecule has 2 aliphatic heterocycles. The summed E-state index contributed by atoms with van der Waals surface area (Å²) in [7, 11) is 0. The van der Waals surface area contributed by atoms with Gasteiger partial charge in [-0.3, -0.25) is 4.79 Å². The van der Waals surface area contributed by atoms with Crippen LogP contribution in [0, 0.1) is 11.3 Å². The molecule has 2 heterocycles. The van der Waals surface area contributed by atoms with Crippen LogP contribution in [-0.4, -0.2) is 18.5 Å². The predicted molar refractivity (Wildman–Crippen MR) is 93.2 cm³/mol. The van der Waals surface area contributed by atoms with E-state index in [1.165, 1.54) is 0 Å². The highest BCUT2D eigenvalue weighted by molar-refractivity contribution is 6.17. The van der Waals surface area contributed by atoms with Crippen molar-refractivity contribution in [2.24, 2.45) is 5.73 Å². The first-order chi connectivity index (χ1) is 12.5. The number of ether oxygens (including phenoxy) is 2. The molecular weight excluding hydrogens is 334 g/mol. The lowest BCUT2D eigenvalue weighted by molar-refractivity contribution is -0.140. The number of anilines is 1. The van der Waals surface area contributed by atoms with Crippen LogP contribution < -0.4 is 11.1 Å². The molecule has 1 unspecified atom stereocenters. The first-order valence-electron chi connectivity index (χ1n) is 8.42. The lowest BCUT2D eigenvalue weighted by Crippen LogP contribution is -2.46. The molecule has 2 aliphatic rings. The average molecular weight is 353 g/mol. The minimum atomic E-state index is -1.66. The van der Waals surface area contributed by atoms with Gasteiger partial charge >= 0.3 is 5.97 Å². The van der Waals surface area contributed by atoms with Gasteiger partial charge in [-0.15, -0.1) is 0 Å². The van der Waals surface area contributed by atoms with Gasteiger partial charge in [0.2, 0.25) is 11.8 Å². The van der Waals surface area contributed by atoms with Gasteiger partial charge in [-0.1, -0.05) is 25.1 Å². The topological polar surface area (TPSA) is 114 Å². The number of fused-ring (bicyclic) bond motifs is 2. The quantitative estimate of drug-likeness (QED) is 0.802. The van der Waals surface area contributed by atoms with Crippen molar-refractivity contribution >= 4 is 17.6 Å². The number of para-hydroxylation sites is 1. The number of esters is 1. The van der Waals surface area contributed by atoms with Crippen LogP contribution in [0.1, 0.15) is 32.3 Å². The number of hydrogen-bond donors (Lipinski definition) is 2. The molecular formula is C19H19N3O4. The van der Waals surface area contributed by atoms with Gasteiger partial charge in [-0.05, 0) is 19.4 Å². The van der Waals surface area contributed by atoms with Crippen molar-refractivity contribution in [2.75, 3.05) is 11.9 Å². The van der Waals surface area contributed by atoms with Crippen LogP contribution in [0.5, 0.6) is 0 Å². The molecule has 26 heavy (non-hydrogen) atoms. The van der Waals surface area contributed by atoms with Gasteiger partial charge in [0.1, 0.15) is 23.0 Å². The van der Waals surface area contributed by atoms with E-state index in [2.05, 4.69) is 5.32 Å². The van der Waals surface area contributed by atoms with Gasteiger partial charge in [-0.2, -0.15) is 5.26 Å². The average Bonchev–Trinajstić information content (AvgIpc) is 2.89. The van der Waals surface area contributed by atoms with Crippen LogP contribution in [0.3, 0.4) is 0 Å². The third-order valence-corrected chi connectivity index (χ3v) is 4.50. The molecule has 3 N–H and O–H groups in total. The number of allylic oxidation sites excluding steroid dienone is 1. The van der Waals surface area contributed by atoms with E-state index in [1.54, 1.807) is 31.2 Å². The van der Waals surface area contributed by atoms with E-state index in [9.17, 15) is 14.9 Å². The maximum Gasteiger partial charge on any atom is 0.339 e. The van der Waals surface area contributed by atoms with Crippen LogP contribution in [0.2, 0.25) is 0 Å². The van der Waals surface area contributed by atoms with E-state index in [0.717, 1.165) is 0 Å². The lowest BCUT2D eigenvalue weighted by atomic mass is 9.68. The summed E-state index contributed by atoms with van der Waals surface area (Å²) < 4.78 is 10.8. The van der Waals surface area contributed by atoms with E-state index < -0.39 is 17.3 Å². The summed E-state index contributed by atoms with van der Waals surface area (Å²) >= 11 is 0. The molecule has 0 fully saturated rings. The smallest absolute Gasteiger partial charge is 0.339 e. The summed E-state index contributed by atoms with van der Waals surface area (Å²) in [6.45, 7) is 3.71. The summed E-state index contributed by atoms with van der Waals surface area (Å²) in [6.07, 6.45) is 1.04. The van der Waals surface area contributed by atoms with Crippen molar-refractivity contribution in [3.05, 3.63) is 52.6 Å². The summed E-state index contributed by atoms with van der Waals surface area (Å²) in [5.41, 5.74) is 5.26. The van der Waals surface area contributed by atoms with Crippen molar-refractivity contribution in [1.29, 1.82) is 5.26 Å². The highest BCUT2D eigenvalue weighted by atomic mass is 16.5. The maximum atomic E-state index is 13.1. The lowest BCUT2D eigenvalue weighted by Gasteiger charge is -2.34. The Bertz CT molecular complexity index is 894. The second-order valence-electron chi connectivity index (χ2n) is 5.97. The van der Waals surface area contributed by atoms with Gasteiger partial charge in [0, 0.05) is 17.7 Å². The fourth-order valence-corrected chi connectivity index (χ4v) is 3.52. The Morgan fingerprint density at radius 3 is 2.77 bits per heavy atom. The number of nitrogens with zero attached hydrogens (tertiary/aromatic N) is 1. The molecule has 0 radical (unpaired) electrons. The first kappa shape index (κ1) is 17.5. The van der Waals surface area contributed by atoms with Crippen LogP contribution in [0.15, 0.2) is 47.1 Å². The van der Waals surface area contributed by atoms with Crippen LogP contribution in [0.25, 0.3) is 0 Å². The highest BCUT2D eigenvalue weighted by Crippen LogP contribution is 2.52. The molecule has 0 saturated carbocycles. The van der Waals surface area contributed by atoms with E-state index in [0.29, 0.717) is 24.1 Å². The Hall–Kier alpha value is -3.27. The predicted octanol–water partition coefficient (Wildman–Crippen LogP) is 2.22. The number of carbonyl (C=O) groups excluding carboxylic acids is 2. The number of amides is 1. The third kappa shape index (κ3) is 2.26. The molecule has 0 aromatic heterocycles. The van der Waals surface area contributed by atoms with Crippen LogP contribution >= 0.6 is 0 Å². The zero-order chi connectivity index (χ0) is 18.9. The third-order valence-electron chi connectivity index (χ3n) is 4.50. The summed E-state index contributed by atoms with van der Waals surface area (Å²) in [5, 5.41) is 12.5. The number of nitrogens with one attached hydrogen (secondary N) is 1. The summed E-state index contributed by atoms with van der Waals surface area (Å²) in [5.74, 6) is -1.12. The van der Waals surface area contributed by atoms with Crippen molar-refractivity contribution in [3.63, 3.8) is 0 Å². The molecule has 0 bridgehead atoms. The van der Waals surface area contributed by atoms with Crippen molar-refractivity contribution in [2.45, 2.75) is 32.1 Å². The normalized spacial score (nSPS) is 21.2. The largest absolute Gasteiger partial charge is 0.462 e. The zero-order valence-electron chi connectivity index (χ0n) is 14.6. The van der Waals surface area contributed by atoms with Crippen molar-refractivity contribution in [3.8, 4) is 6.07 Å². The molecule has 7 heteroatoms. The zero-order valence-corrected chi connectivity index (χ0v) is 14.6. The molecule has 0 saturated heterocycles. The molecule has 1 atom stereocenters. The molecule has 7 nitrogen and oxygen atoms in total. The van der Waals surface area contributed by atoms with E-state index >= 15 is 0 Å². The fraction of sp³-hybridized carbons (Fsp3) is 0.316. The Labute approximate surface area is 151 Å². The van der Waals surface area contributed by atoms with Gasteiger partial charge in [0.25, 0.3) is 0 Å². The molecule has 1 aromatic rings. The Balaban J connectivity index is 2.39. The van der Waals surface area contributed by atoms with E-state index in [1.807, 2.05) is 13.0 Å². The number of nitrogens with two attached hydrogens (primary N) is 1. The van der Waals surface area contributed by atoms with Crippen molar-refractivity contribution < 1.29 is 19.1 Å². The number of carbonyl (C=O) groups is 2. The standard InChI is InChI=1S/C19H19N3O4/c1-3-7-14-15(17(23)25-4-2)19(12(10-20)16(21)26-14)11-8-5-6-9-13(11)22-18(19)24/h5-6,8-9H,3-4,7,21H2,1-2H3,(H,22,24). The van der Waals surface area contributed by atoms with E-state index in [4.69, 9.17) is 15.2 Å². The van der Waals surface area contributed by atoms with Gasteiger partial charge in [0.05, 0.1) is 6.61 Å². The Morgan fingerprint density at radius 1 is 1.38 bits per heavy atom. The molecule has 1 spiro atoms. The van der Waals surface area contributed by atoms with Crippen LogP contribution in [-0.2, 0) is 24.5 Å². The number of hydrogen-bond acceptors (Lipinski definition) is 6. The van der Waals surface area contributed by atoms with Gasteiger partial charge in [0.15, 0.2) is 5.41 Å².